The number of likely N-dealkylation sites (N-methyl/N-ethyl adjacent to an activating group) is 1. The average molecular weight is 255 g/mol. The standard InChI is InChI=1S/C13H25N3S/c1-6-16-9-11(8-15-16)7-12(14-5)10-17-13(2,3)4/h8-9,12,14H,6-7,10H2,1-5H3. The second kappa shape index (κ2) is 6.45. The largest absolute Gasteiger partial charge is 0.316 e. The summed E-state index contributed by atoms with van der Waals surface area (Å²) in [4.78, 5) is 0. The van der Waals surface area contributed by atoms with Crippen molar-refractivity contribution in [2.75, 3.05) is 12.8 Å². The highest BCUT2D eigenvalue weighted by molar-refractivity contribution is 8.00. The lowest BCUT2D eigenvalue weighted by molar-refractivity contribution is 0.611. The molecule has 98 valence electrons. The lowest BCUT2D eigenvalue weighted by atomic mass is 10.1. The van der Waals surface area contributed by atoms with Crippen LogP contribution in [-0.4, -0.2) is 33.4 Å². The van der Waals surface area contributed by atoms with Gasteiger partial charge in [-0.1, -0.05) is 20.8 Å². The molecule has 1 aromatic rings. The molecule has 1 N–H and O–H groups in total. The smallest absolute Gasteiger partial charge is 0.0522 e. The van der Waals surface area contributed by atoms with Crippen molar-refractivity contribution in [1.82, 2.24) is 15.1 Å². The average Bonchev–Trinajstić information content (AvgIpc) is 2.70. The van der Waals surface area contributed by atoms with Crippen LogP contribution in [0.25, 0.3) is 0 Å². The van der Waals surface area contributed by atoms with Crippen LogP contribution in [0.2, 0.25) is 0 Å². The fourth-order valence-electron chi connectivity index (χ4n) is 1.56. The van der Waals surface area contributed by atoms with E-state index in [0.29, 0.717) is 10.8 Å². The number of rotatable bonds is 6. The van der Waals surface area contributed by atoms with Crippen LogP contribution in [-0.2, 0) is 13.0 Å². The van der Waals surface area contributed by atoms with Crippen LogP contribution < -0.4 is 5.32 Å². The number of hydrogen-bond donors (Lipinski definition) is 1. The first-order chi connectivity index (χ1) is 7.94. The summed E-state index contributed by atoms with van der Waals surface area (Å²) in [5, 5.41) is 7.71. The van der Waals surface area contributed by atoms with E-state index in [1.54, 1.807) is 0 Å². The van der Waals surface area contributed by atoms with Gasteiger partial charge in [-0.15, -0.1) is 0 Å². The highest BCUT2D eigenvalue weighted by Crippen LogP contribution is 2.24. The van der Waals surface area contributed by atoms with Gasteiger partial charge in [-0.3, -0.25) is 4.68 Å². The molecule has 17 heavy (non-hydrogen) atoms. The third-order valence-electron chi connectivity index (χ3n) is 2.62. The Hall–Kier alpha value is -0.480. The number of nitrogens with zero attached hydrogens (tertiary/aromatic N) is 2. The van der Waals surface area contributed by atoms with Crippen molar-refractivity contribution in [1.29, 1.82) is 0 Å². The number of hydrogen-bond acceptors (Lipinski definition) is 3. The van der Waals surface area contributed by atoms with Crippen molar-refractivity contribution < 1.29 is 0 Å². The van der Waals surface area contributed by atoms with Gasteiger partial charge in [0.2, 0.25) is 0 Å². The Labute approximate surface area is 109 Å². The summed E-state index contributed by atoms with van der Waals surface area (Å²) in [5.74, 6) is 1.14. The summed E-state index contributed by atoms with van der Waals surface area (Å²) >= 11 is 2.01. The quantitative estimate of drug-likeness (QED) is 0.847. The molecule has 0 aliphatic carbocycles. The zero-order valence-electron chi connectivity index (χ0n) is 11.7. The van der Waals surface area contributed by atoms with Crippen LogP contribution in [0.1, 0.15) is 33.3 Å². The van der Waals surface area contributed by atoms with E-state index in [9.17, 15) is 0 Å². The summed E-state index contributed by atoms with van der Waals surface area (Å²) < 4.78 is 2.32. The molecule has 0 amide bonds. The SMILES string of the molecule is CCn1cc(CC(CSC(C)(C)C)NC)cn1. The molecular weight excluding hydrogens is 230 g/mol. The van der Waals surface area contributed by atoms with Crippen molar-refractivity contribution in [2.45, 2.75) is 51.4 Å². The van der Waals surface area contributed by atoms with Crippen LogP contribution in [0, 0.1) is 0 Å². The normalized spacial score (nSPS) is 13.9. The van der Waals surface area contributed by atoms with Crippen molar-refractivity contribution in [3.63, 3.8) is 0 Å². The summed E-state index contributed by atoms with van der Waals surface area (Å²) in [5.41, 5.74) is 1.32. The van der Waals surface area contributed by atoms with Crippen LogP contribution in [0.5, 0.6) is 0 Å². The maximum Gasteiger partial charge on any atom is 0.0522 e. The van der Waals surface area contributed by atoms with Gasteiger partial charge in [-0.25, -0.2) is 0 Å². The minimum absolute atomic E-state index is 0.336. The van der Waals surface area contributed by atoms with E-state index in [1.807, 2.05) is 29.7 Å². The van der Waals surface area contributed by atoms with E-state index < -0.39 is 0 Å². The molecule has 1 heterocycles. The third kappa shape index (κ3) is 5.59. The highest BCUT2D eigenvalue weighted by atomic mass is 32.2. The zero-order valence-corrected chi connectivity index (χ0v) is 12.5. The first-order valence-electron chi connectivity index (χ1n) is 6.27. The maximum atomic E-state index is 4.31. The van der Waals surface area contributed by atoms with E-state index in [1.165, 1.54) is 5.56 Å². The third-order valence-corrected chi connectivity index (χ3v) is 4.05. The minimum atomic E-state index is 0.336. The van der Waals surface area contributed by atoms with Crippen molar-refractivity contribution in [3.05, 3.63) is 18.0 Å². The monoisotopic (exact) mass is 255 g/mol. The maximum absolute atomic E-state index is 4.31. The lowest BCUT2D eigenvalue weighted by Crippen LogP contribution is -2.31. The molecule has 1 unspecified atom stereocenters. The Balaban J connectivity index is 2.46. The first kappa shape index (κ1) is 14.6. The van der Waals surface area contributed by atoms with E-state index >= 15 is 0 Å². The Morgan fingerprint density at radius 1 is 1.47 bits per heavy atom. The fourth-order valence-corrected chi connectivity index (χ4v) is 2.55. The Morgan fingerprint density at radius 3 is 2.65 bits per heavy atom. The number of aromatic nitrogens is 2. The molecule has 0 radical (unpaired) electrons. The molecular formula is C13H25N3S. The number of thioether (sulfide) groups is 1. The highest BCUT2D eigenvalue weighted by Gasteiger charge is 2.15. The number of nitrogens with one attached hydrogen (secondary N) is 1. The molecule has 0 aliphatic heterocycles. The van der Waals surface area contributed by atoms with Gasteiger partial charge in [0.1, 0.15) is 0 Å². The Morgan fingerprint density at radius 2 is 2.18 bits per heavy atom. The van der Waals surface area contributed by atoms with Gasteiger partial charge in [0.15, 0.2) is 0 Å². The molecule has 1 atom stereocenters. The van der Waals surface area contributed by atoms with Gasteiger partial charge in [0.25, 0.3) is 0 Å². The predicted molar refractivity (Wildman–Crippen MR) is 76.7 cm³/mol. The molecule has 4 heteroatoms. The van der Waals surface area contributed by atoms with Gasteiger partial charge >= 0.3 is 0 Å². The van der Waals surface area contributed by atoms with E-state index in [0.717, 1.165) is 18.7 Å². The Kier molecular flexibility index (Phi) is 5.53. The van der Waals surface area contributed by atoms with Crippen LogP contribution in [0.3, 0.4) is 0 Å². The molecule has 0 aromatic carbocycles. The van der Waals surface area contributed by atoms with Gasteiger partial charge < -0.3 is 5.32 Å². The molecule has 3 nitrogen and oxygen atoms in total. The summed E-state index contributed by atoms with van der Waals surface area (Å²) in [6.07, 6.45) is 5.18. The minimum Gasteiger partial charge on any atom is -0.316 e. The van der Waals surface area contributed by atoms with Crippen LogP contribution in [0.15, 0.2) is 12.4 Å². The second-order valence-corrected chi connectivity index (χ2v) is 7.16. The Bertz CT molecular complexity index is 328. The van der Waals surface area contributed by atoms with Crippen LogP contribution in [0.4, 0.5) is 0 Å². The predicted octanol–water partition coefficient (Wildman–Crippen LogP) is 2.57. The van der Waals surface area contributed by atoms with Gasteiger partial charge in [0, 0.05) is 29.3 Å². The summed E-state index contributed by atoms with van der Waals surface area (Å²) in [7, 11) is 2.04. The van der Waals surface area contributed by atoms with Gasteiger partial charge in [0.05, 0.1) is 6.20 Å². The van der Waals surface area contributed by atoms with E-state index in [2.05, 4.69) is 44.3 Å². The fraction of sp³-hybridized carbons (Fsp3) is 0.769. The molecule has 1 aromatic heterocycles. The molecule has 0 spiro atoms. The van der Waals surface area contributed by atoms with Crippen molar-refractivity contribution in [3.8, 4) is 0 Å². The summed E-state index contributed by atoms with van der Waals surface area (Å²) in [6.45, 7) is 9.85. The molecule has 0 saturated carbocycles. The van der Waals surface area contributed by atoms with Gasteiger partial charge in [-0.05, 0) is 26.0 Å². The van der Waals surface area contributed by atoms with Gasteiger partial charge in [-0.2, -0.15) is 16.9 Å². The first-order valence-corrected chi connectivity index (χ1v) is 7.25. The van der Waals surface area contributed by atoms with Crippen molar-refractivity contribution in [2.24, 2.45) is 0 Å². The van der Waals surface area contributed by atoms with Crippen LogP contribution >= 0.6 is 11.8 Å². The van der Waals surface area contributed by atoms with Crippen molar-refractivity contribution >= 4 is 11.8 Å². The lowest BCUT2D eigenvalue weighted by Gasteiger charge is -2.22. The zero-order chi connectivity index (χ0) is 12.9. The van der Waals surface area contributed by atoms with E-state index in [4.69, 9.17) is 0 Å². The van der Waals surface area contributed by atoms with E-state index in [-0.39, 0.29) is 0 Å². The topological polar surface area (TPSA) is 29.9 Å². The molecule has 0 bridgehead atoms. The summed E-state index contributed by atoms with van der Waals surface area (Å²) in [6, 6.07) is 0.522. The molecule has 0 fully saturated rings. The molecule has 1 rings (SSSR count). The molecule has 0 aliphatic rings. The second-order valence-electron chi connectivity index (χ2n) is 5.32. The number of aryl methyl sites for hydroxylation is 1. The molecule has 0 saturated heterocycles.